The van der Waals surface area contributed by atoms with Crippen molar-refractivity contribution in [3.63, 3.8) is 0 Å². The number of nitrogens with two attached hydrogens (primary N) is 1. The standard InChI is InChI=1S/C16H24IN3/c17-15-12-13(18)4-5-16(15)20-10-6-14(7-11-20)19-8-2-1-3-9-19/h4-5,12,14H,1-3,6-11,18H2. The molecule has 1 aromatic rings. The first-order valence-electron chi connectivity index (χ1n) is 7.78. The molecule has 0 unspecified atom stereocenters. The molecule has 2 fully saturated rings. The van der Waals surface area contributed by atoms with Gasteiger partial charge in [0.15, 0.2) is 0 Å². The van der Waals surface area contributed by atoms with E-state index in [4.69, 9.17) is 5.73 Å². The van der Waals surface area contributed by atoms with Crippen LogP contribution >= 0.6 is 22.6 Å². The molecule has 2 aliphatic rings. The Kier molecular flexibility index (Phi) is 4.71. The minimum Gasteiger partial charge on any atom is -0.399 e. The molecule has 0 amide bonds. The Labute approximate surface area is 135 Å². The van der Waals surface area contributed by atoms with E-state index in [9.17, 15) is 0 Å². The van der Waals surface area contributed by atoms with E-state index in [1.165, 1.54) is 67.5 Å². The molecule has 0 aromatic heterocycles. The number of anilines is 2. The zero-order valence-electron chi connectivity index (χ0n) is 12.0. The summed E-state index contributed by atoms with van der Waals surface area (Å²) in [6.07, 6.45) is 6.84. The third-order valence-electron chi connectivity index (χ3n) is 4.68. The highest BCUT2D eigenvalue weighted by Crippen LogP contribution is 2.29. The third kappa shape index (κ3) is 3.22. The zero-order valence-corrected chi connectivity index (χ0v) is 14.2. The lowest BCUT2D eigenvalue weighted by atomic mass is 9.99. The van der Waals surface area contributed by atoms with Gasteiger partial charge in [-0.05, 0) is 79.6 Å². The second-order valence-electron chi connectivity index (χ2n) is 6.03. The maximum atomic E-state index is 5.85. The van der Waals surface area contributed by atoms with Gasteiger partial charge in [0.1, 0.15) is 0 Å². The topological polar surface area (TPSA) is 32.5 Å². The van der Waals surface area contributed by atoms with Crippen LogP contribution in [0.3, 0.4) is 0 Å². The number of hydrogen-bond acceptors (Lipinski definition) is 3. The van der Waals surface area contributed by atoms with E-state index in [0.717, 1.165) is 11.7 Å². The Hall–Kier alpha value is -0.490. The minimum absolute atomic E-state index is 0.818. The van der Waals surface area contributed by atoms with Crippen LogP contribution in [-0.4, -0.2) is 37.1 Å². The summed E-state index contributed by atoms with van der Waals surface area (Å²) in [6, 6.07) is 7.09. The zero-order chi connectivity index (χ0) is 13.9. The predicted octanol–water partition coefficient (Wildman–Crippen LogP) is 3.33. The molecule has 2 saturated heterocycles. The van der Waals surface area contributed by atoms with E-state index in [1.54, 1.807) is 0 Å². The summed E-state index contributed by atoms with van der Waals surface area (Å²) in [5.74, 6) is 0. The lowest BCUT2D eigenvalue weighted by Crippen LogP contribution is -2.46. The van der Waals surface area contributed by atoms with Crippen LogP contribution in [0.1, 0.15) is 32.1 Å². The van der Waals surface area contributed by atoms with Crippen LogP contribution in [0.25, 0.3) is 0 Å². The molecule has 0 atom stereocenters. The van der Waals surface area contributed by atoms with E-state index >= 15 is 0 Å². The lowest BCUT2D eigenvalue weighted by molar-refractivity contribution is 0.141. The smallest absolute Gasteiger partial charge is 0.0503 e. The molecule has 1 aromatic carbocycles. The van der Waals surface area contributed by atoms with Crippen LogP contribution in [0.4, 0.5) is 11.4 Å². The molecule has 2 aliphatic heterocycles. The van der Waals surface area contributed by atoms with E-state index in [-0.39, 0.29) is 0 Å². The molecule has 0 radical (unpaired) electrons. The molecule has 0 bridgehead atoms. The fraction of sp³-hybridized carbons (Fsp3) is 0.625. The molecule has 3 rings (SSSR count). The van der Waals surface area contributed by atoms with E-state index in [2.05, 4.69) is 44.5 Å². The van der Waals surface area contributed by atoms with Crippen LogP contribution in [-0.2, 0) is 0 Å². The number of nitrogens with zero attached hydrogens (tertiary/aromatic N) is 2. The molecule has 0 aliphatic carbocycles. The van der Waals surface area contributed by atoms with Crippen molar-refractivity contribution >= 4 is 34.0 Å². The highest BCUT2D eigenvalue weighted by Gasteiger charge is 2.26. The highest BCUT2D eigenvalue weighted by atomic mass is 127. The molecule has 110 valence electrons. The summed E-state index contributed by atoms with van der Waals surface area (Å²) in [6.45, 7) is 5.01. The van der Waals surface area contributed by atoms with Gasteiger partial charge in [-0.25, -0.2) is 0 Å². The van der Waals surface area contributed by atoms with Gasteiger partial charge in [-0.2, -0.15) is 0 Å². The normalized spacial score (nSPS) is 22.1. The molecular weight excluding hydrogens is 361 g/mol. The molecular formula is C16H24IN3. The van der Waals surface area contributed by atoms with Crippen molar-refractivity contribution < 1.29 is 0 Å². The number of halogens is 1. The van der Waals surface area contributed by atoms with Gasteiger partial charge in [-0.1, -0.05) is 6.42 Å². The van der Waals surface area contributed by atoms with Gasteiger partial charge in [0.25, 0.3) is 0 Å². The Morgan fingerprint density at radius 3 is 2.35 bits per heavy atom. The summed E-state index contributed by atoms with van der Waals surface area (Å²) >= 11 is 2.40. The van der Waals surface area contributed by atoms with Crippen molar-refractivity contribution in [3.8, 4) is 0 Å². The molecule has 20 heavy (non-hydrogen) atoms. The summed E-state index contributed by atoms with van der Waals surface area (Å²) in [5, 5.41) is 0. The van der Waals surface area contributed by atoms with Gasteiger partial charge in [-0.15, -0.1) is 0 Å². The maximum Gasteiger partial charge on any atom is 0.0503 e. The minimum atomic E-state index is 0.818. The summed E-state index contributed by atoms with van der Waals surface area (Å²) < 4.78 is 1.28. The number of hydrogen-bond donors (Lipinski definition) is 1. The molecule has 0 spiro atoms. The summed E-state index contributed by atoms with van der Waals surface area (Å²) in [7, 11) is 0. The van der Waals surface area contributed by atoms with Crippen molar-refractivity contribution in [2.45, 2.75) is 38.1 Å². The average molecular weight is 385 g/mol. The molecule has 3 nitrogen and oxygen atoms in total. The Morgan fingerprint density at radius 1 is 1.00 bits per heavy atom. The fourth-order valence-electron chi connectivity index (χ4n) is 3.54. The van der Waals surface area contributed by atoms with E-state index in [1.807, 2.05) is 6.07 Å². The predicted molar refractivity (Wildman–Crippen MR) is 94.2 cm³/mol. The third-order valence-corrected chi connectivity index (χ3v) is 5.55. The van der Waals surface area contributed by atoms with Crippen LogP contribution in [0.15, 0.2) is 18.2 Å². The molecule has 4 heteroatoms. The average Bonchev–Trinajstić information content (AvgIpc) is 2.48. The number of nitrogen functional groups attached to an aromatic ring is 1. The fourth-order valence-corrected chi connectivity index (χ4v) is 4.42. The van der Waals surface area contributed by atoms with Gasteiger partial charge < -0.3 is 15.5 Å². The monoisotopic (exact) mass is 385 g/mol. The van der Waals surface area contributed by atoms with Gasteiger partial charge in [0, 0.05) is 28.4 Å². The Bertz CT molecular complexity index is 449. The first-order valence-corrected chi connectivity index (χ1v) is 8.86. The van der Waals surface area contributed by atoms with Gasteiger partial charge >= 0.3 is 0 Å². The van der Waals surface area contributed by atoms with Gasteiger partial charge in [0.2, 0.25) is 0 Å². The molecule has 2 N–H and O–H groups in total. The second-order valence-corrected chi connectivity index (χ2v) is 7.19. The Morgan fingerprint density at radius 2 is 1.70 bits per heavy atom. The lowest BCUT2D eigenvalue weighted by Gasteiger charge is -2.41. The maximum absolute atomic E-state index is 5.85. The largest absolute Gasteiger partial charge is 0.399 e. The van der Waals surface area contributed by atoms with Gasteiger partial charge in [-0.3, -0.25) is 0 Å². The Balaban J connectivity index is 1.60. The molecule has 2 heterocycles. The van der Waals surface area contributed by atoms with Crippen LogP contribution < -0.4 is 10.6 Å². The van der Waals surface area contributed by atoms with Gasteiger partial charge in [0.05, 0.1) is 5.69 Å². The van der Waals surface area contributed by atoms with Crippen molar-refractivity contribution in [2.24, 2.45) is 0 Å². The highest BCUT2D eigenvalue weighted by molar-refractivity contribution is 14.1. The van der Waals surface area contributed by atoms with E-state index < -0.39 is 0 Å². The van der Waals surface area contributed by atoms with Crippen LogP contribution in [0.2, 0.25) is 0 Å². The van der Waals surface area contributed by atoms with Crippen LogP contribution in [0, 0.1) is 3.57 Å². The van der Waals surface area contributed by atoms with E-state index in [0.29, 0.717) is 0 Å². The number of piperidine rings is 2. The summed E-state index contributed by atoms with van der Waals surface area (Å²) in [5.41, 5.74) is 8.07. The SMILES string of the molecule is Nc1ccc(N2CCC(N3CCCCC3)CC2)c(I)c1. The first-order chi connectivity index (χ1) is 9.74. The summed E-state index contributed by atoms with van der Waals surface area (Å²) in [4.78, 5) is 5.26. The van der Waals surface area contributed by atoms with Crippen molar-refractivity contribution in [1.29, 1.82) is 0 Å². The second kappa shape index (κ2) is 6.52. The molecule has 0 saturated carbocycles. The quantitative estimate of drug-likeness (QED) is 0.626. The van der Waals surface area contributed by atoms with Crippen molar-refractivity contribution in [1.82, 2.24) is 4.90 Å². The van der Waals surface area contributed by atoms with Crippen molar-refractivity contribution in [3.05, 3.63) is 21.8 Å². The number of rotatable bonds is 2. The van der Waals surface area contributed by atoms with Crippen LogP contribution in [0.5, 0.6) is 0 Å². The number of benzene rings is 1. The first kappa shape index (κ1) is 14.4. The van der Waals surface area contributed by atoms with Crippen molar-refractivity contribution in [2.75, 3.05) is 36.8 Å². The number of likely N-dealkylation sites (tertiary alicyclic amines) is 1.